The van der Waals surface area contributed by atoms with E-state index in [0.29, 0.717) is 5.82 Å². The highest BCUT2D eigenvalue weighted by molar-refractivity contribution is 6.15. The lowest BCUT2D eigenvalue weighted by Gasteiger charge is -2.12. The van der Waals surface area contributed by atoms with Crippen LogP contribution in [0.1, 0.15) is 34.6 Å². The van der Waals surface area contributed by atoms with Gasteiger partial charge in [0.1, 0.15) is 11.5 Å². The van der Waals surface area contributed by atoms with E-state index < -0.39 is 17.6 Å². The van der Waals surface area contributed by atoms with E-state index >= 15 is 0 Å². The van der Waals surface area contributed by atoms with Gasteiger partial charge in [0.25, 0.3) is 5.91 Å². The smallest absolute Gasteiger partial charge is 0.250 e. The molecule has 1 aliphatic carbocycles. The van der Waals surface area contributed by atoms with Crippen molar-refractivity contribution in [1.82, 2.24) is 15.2 Å². The number of hydrogen-bond donors (Lipinski definition) is 2. The standard InChI is InChI=1S/C16H15N5O2/c17-9-11(16(23)19-13-7-3-4-8-18-13)15(22)14-10-5-1-2-6-12(10)20-21-14/h3-4,7-8,11H,1-2,5-6H2,(H,20,21)(H,18,19,23)/t11-/m1/s1. The highest BCUT2D eigenvalue weighted by Crippen LogP contribution is 2.24. The van der Waals surface area contributed by atoms with Gasteiger partial charge in [0, 0.05) is 17.5 Å². The molecule has 0 radical (unpaired) electrons. The van der Waals surface area contributed by atoms with Crippen LogP contribution in [-0.2, 0) is 17.6 Å². The van der Waals surface area contributed by atoms with Crippen LogP contribution in [0.25, 0.3) is 0 Å². The summed E-state index contributed by atoms with van der Waals surface area (Å²) >= 11 is 0. The number of anilines is 1. The maximum Gasteiger partial charge on any atom is 0.250 e. The zero-order valence-corrected chi connectivity index (χ0v) is 12.4. The Morgan fingerprint density at radius 1 is 1.30 bits per heavy atom. The van der Waals surface area contributed by atoms with Crippen molar-refractivity contribution in [3.8, 4) is 6.07 Å². The van der Waals surface area contributed by atoms with Crippen molar-refractivity contribution < 1.29 is 9.59 Å². The number of carbonyl (C=O) groups excluding carboxylic acids is 2. The normalized spacial score (nSPS) is 14.4. The zero-order valence-electron chi connectivity index (χ0n) is 12.4. The van der Waals surface area contributed by atoms with E-state index in [1.54, 1.807) is 24.3 Å². The first kappa shape index (κ1) is 14.9. The summed E-state index contributed by atoms with van der Waals surface area (Å²) in [6.45, 7) is 0. The number of aromatic amines is 1. The summed E-state index contributed by atoms with van der Waals surface area (Å²) in [5.74, 6) is -2.40. The second kappa shape index (κ2) is 6.40. The van der Waals surface area contributed by atoms with Gasteiger partial charge in [-0.25, -0.2) is 4.98 Å². The first-order valence-corrected chi connectivity index (χ1v) is 7.42. The highest BCUT2D eigenvalue weighted by atomic mass is 16.2. The number of carbonyl (C=O) groups is 2. The topological polar surface area (TPSA) is 112 Å². The number of hydrogen-bond acceptors (Lipinski definition) is 5. The molecule has 0 aromatic carbocycles. The van der Waals surface area contributed by atoms with Crippen LogP contribution < -0.4 is 5.32 Å². The fraction of sp³-hybridized carbons (Fsp3) is 0.312. The molecule has 1 atom stereocenters. The minimum atomic E-state index is -1.44. The zero-order chi connectivity index (χ0) is 16.2. The van der Waals surface area contributed by atoms with Crippen LogP contribution in [0.2, 0.25) is 0 Å². The second-order valence-electron chi connectivity index (χ2n) is 5.37. The molecule has 0 saturated heterocycles. The Balaban J connectivity index is 1.81. The number of aryl methyl sites for hydroxylation is 1. The monoisotopic (exact) mass is 309 g/mol. The molecule has 2 aromatic heterocycles. The Hall–Kier alpha value is -3.01. The lowest BCUT2D eigenvalue weighted by Crippen LogP contribution is -2.30. The molecular weight excluding hydrogens is 294 g/mol. The second-order valence-corrected chi connectivity index (χ2v) is 5.37. The molecule has 23 heavy (non-hydrogen) atoms. The number of aromatic nitrogens is 3. The van der Waals surface area contributed by atoms with Gasteiger partial charge < -0.3 is 5.32 Å². The molecular formula is C16H15N5O2. The summed E-state index contributed by atoms with van der Waals surface area (Å²) in [5.41, 5.74) is 1.98. The van der Waals surface area contributed by atoms with E-state index in [4.69, 9.17) is 0 Å². The average Bonchev–Trinajstić information content (AvgIpc) is 3.00. The van der Waals surface area contributed by atoms with Gasteiger partial charge in [-0.05, 0) is 37.8 Å². The van der Waals surface area contributed by atoms with E-state index in [1.807, 2.05) is 0 Å². The number of nitrogens with one attached hydrogen (secondary N) is 2. The van der Waals surface area contributed by atoms with Gasteiger partial charge in [-0.15, -0.1) is 0 Å². The van der Waals surface area contributed by atoms with Crippen molar-refractivity contribution in [3.05, 3.63) is 41.3 Å². The number of pyridine rings is 1. The van der Waals surface area contributed by atoms with Gasteiger partial charge in [-0.2, -0.15) is 10.4 Å². The van der Waals surface area contributed by atoms with E-state index in [9.17, 15) is 14.9 Å². The van der Waals surface area contributed by atoms with Gasteiger partial charge in [0.05, 0.1) is 6.07 Å². The Kier molecular flexibility index (Phi) is 4.15. The summed E-state index contributed by atoms with van der Waals surface area (Å²) in [5, 5.41) is 18.6. The van der Waals surface area contributed by atoms with Gasteiger partial charge >= 0.3 is 0 Å². The molecule has 2 heterocycles. The number of Topliss-reactive ketones (excluding diaryl/α,β-unsaturated/α-hetero) is 1. The molecule has 0 saturated carbocycles. The predicted molar refractivity (Wildman–Crippen MR) is 81.5 cm³/mol. The molecule has 116 valence electrons. The largest absolute Gasteiger partial charge is 0.309 e. The van der Waals surface area contributed by atoms with Crippen LogP contribution in [0.4, 0.5) is 5.82 Å². The quantitative estimate of drug-likeness (QED) is 0.658. The molecule has 0 aliphatic heterocycles. The van der Waals surface area contributed by atoms with Gasteiger partial charge in [0.15, 0.2) is 5.92 Å². The molecule has 0 unspecified atom stereocenters. The lowest BCUT2D eigenvalue weighted by molar-refractivity contribution is -0.117. The maximum absolute atomic E-state index is 12.6. The number of ketones is 1. The van der Waals surface area contributed by atoms with Crippen molar-refractivity contribution in [3.63, 3.8) is 0 Å². The van der Waals surface area contributed by atoms with Crippen LogP contribution in [0.15, 0.2) is 24.4 Å². The number of H-pyrrole nitrogens is 1. The number of nitrogens with zero attached hydrogens (tertiary/aromatic N) is 3. The summed E-state index contributed by atoms with van der Waals surface area (Å²) in [4.78, 5) is 28.7. The van der Waals surface area contributed by atoms with E-state index in [1.165, 1.54) is 6.20 Å². The summed E-state index contributed by atoms with van der Waals surface area (Å²) in [6.07, 6.45) is 5.12. The van der Waals surface area contributed by atoms with Crippen LogP contribution in [0.5, 0.6) is 0 Å². The summed E-state index contributed by atoms with van der Waals surface area (Å²) < 4.78 is 0. The molecule has 7 heteroatoms. The third kappa shape index (κ3) is 2.97. The number of fused-ring (bicyclic) bond motifs is 1. The van der Waals surface area contributed by atoms with E-state index in [2.05, 4.69) is 20.5 Å². The molecule has 3 rings (SSSR count). The van der Waals surface area contributed by atoms with Crippen LogP contribution >= 0.6 is 0 Å². The predicted octanol–water partition coefficient (Wildman–Crippen LogP) is 1.64. The Morgan fingerprint density at radius 3 is 2.87 bits per heavy atom. The highest BCUT2D eigenvalue weighted by Gasteiger charge is 2.32. The molecule has 0 bridgehead atoms. The first-order valence-electron chi connectivity index (χ1n) is 7.42. The van der Waals surface area contributed by atoms with Crippen molar-refractivity contribution in [2.24, 2.45) is 5.92 Å². The molecule has 7 nitrogen and oxygen atoms in total. The van der Waals surface area contributed by atoms with E-state index in [0.717, 1.165) is 36.9 Å². The van der Waals surface area contributed by atoms with E-state index in [-0.39, 0.29) is 5.69 Å². The fourth-order valence-electron chi connectivity index (χ4n) is 2.69. The van der Waals surface area contributed by atoms with Gasteiger partial charge in [-0.1, -0.05) is 6.07 Å². The van der Waals surface area contributed by atoms with Gasteiger partial charge in [0.2, 0.25) is 5.78 Å². The number of amides is 1. The average molecular weight is 309 g/mol. The number of nitriles is 1. The SMILES string of the molecule is N#C[C@@H](C(=O)Nc1ccccn1)C(=O)c1n[nH]c2c1CCCC2. The fourth-order valence-corrected chi connectivity index (χ4v) is 2.69. The molecule has 2 aromatic rings. The van der Waals surface area contributed by atoms with Gasteiger partial charge in [-0.3, -0.25) is 14.7 Å². The first-order chi connectivity index (χ1) is 11.2. The maximum atomic E-state index is 12.6. The molecule has 1 amide bonds. The number of rotatable bonds is 4. The molecule has 0 fully saturated rings. The third-order valence-corrected chi connectivity index (χ3v) is 3.86. The third-order valence-electron chi connectivity index (χ3n) is 3.86. The molecule has 0 spiro atoms. The van der Waals surface area contributed by atoms with Crippen LogP contribution in [-0.4, -0.2) is 26.9 Å². The van der Waals surface area contributed by atoms with Crippen molar-refractivity contribution in [2.45, 2.75) is 25.7 Å². The van der Waals surface area contributed by atoms with Crippen molar-refractivity contribution in [2.75, 3.05) is 5.32 Å². The lowest BCUT2D eigenvalue weighted by atomic mass is 9.91. The minimum Gasteiger partial charge on any atom is -0.309 e. The Bertz CT molecular complexity index is 776. The summed E-state index contributed by atoms with van der Waals surface area (Å²) in [7, 11) is 0. The minimum absolute atomic E-state index is 0.211. The summed E-state index contributed by atoms with van der Waals surface area (Å²) in [6, 6.07) is 6.78. The Morgan fingerprint density at radius 2 is 2.13 bits per heavy atom. The molecule has 2 N–H and O–H groups in total. The van der Waals surface area contributed by atoms with Crippen molar-refractivity contribution >= 4 is 17.5 Å². The van der Waals surface area contributed by atoms with Crippen LogP contribution in [0.3, 0.4) is 0 Å². The Labute approximate surface area is 132 Å². The van der Waals surface area contributed by atoms with Crippen LogP contribution in [0, 0.1) is 17.2 Å². The molecule has 1 aliphatic rings. The van der Waals surface area contributed by atoms with Crippen molar-refractivity contribution in [1.29, 1.82) is 5.26 Å².